The first kappa shape index (κ1) is 20.4. The standard InChI is InChI=1S/C23H21N3O2S2/c1-15-11-12-18(28-2)20-21(15)30-23(25-20)26(14-16-8-6-7-13-24-16)22(27)17-9-4-5-10-19(17)29-3/h4-13H,14H2,1-3H3. The maximum atomic E-state index is 13.7. The lowest BCUT2D eigenvalue weighted by atomic mass is 10.2. The van der Waals surface area contributed by atoms with Gasteiger partial charge in [0.15, 0.2) is 5.13 Å². The van der Waals surface area contributed by atoms with Crippen molar-refractivity contribution >= 4 is 44.4 Å². The Morgan fingerprint density at radius 1 is 1.13 bits per heavy atom. The normalized spacial score (nSPS) is 10.9. The molecule has 5 nitrogen and oxygen atoms in total. The fraction of sp³-hybridized carbons (Fsp3) is 0.174. The molecule has 2 aromatic heterocycles. The van der Waals surface area contributed by atoms with Crippen molar-refractivity contribution in [2.24, 2.45) is 0 Å². The summed E-state index contributed by atoms with van der Waals surface area (Å²) in [7, 11) is 1.63. The number of benzene rings is 2. The predicted octanol–water partition coefficient (Wildman–Crippen LogP) is 5.58. The number of hydrogen-bond donors (Lipinski definition) is 0. The highest BCUT2D eigenvalue weighted by Gasteiger charge is 2.25. The molecule has 0 radical (unpaired) electrons. The van der Waals surface area contributed by atoms with Gasteiger partial charge in [-0.15, -0.1) is 11.8 Å². The number of carbonyl (C=O) groups is 1. The van der Waals surface area contributed by atoms with E-state index in [1.165, 1.54) is 11.3 Å². The van der Waals surface area contributed by atoms with Gasteiger partial charge in [0.1, 0.15) is 11.3 Å². The molecule has 4 rings (SSSR count). The van der Waals surface area contributed by atoms with Crippen molar-refractivity contribution in [2.75, 3.05) is 18.3 Å². The number of ether oxygens (including phenoxy) is 1. The molecule has 0 saturated heterocycles. The van der Waals surface area contributed by atoms with E-state index in [0.29, 0.717) is 23.0 Å². The number of anilines is 1. The summed E-state index contributed by atoms with van der Waals surface area (Å²) in [6.07, 6.45) is 3.71. The van der Waals surface area contributed by atoms with Crippen LogP contribution < -0.4 is 9.64 Å². The van der Waals surface area contributed by atoms with E-state index in [4.69, 9.17) is 9.72 Å². The summed E-state index contributed by atoms with van der Waals surface area (Å²) in [5.41, 5.74) is 3.33. The van der Waals surface area contributed by atoms with Crippen LogP contribution in [0.5, 0.6) is 5.75 Å². The van der Waals surface area contributed by atoms with Gasteiger partial charge in [-0.3, -0.25) is 14.7 Å². The fourth-order valence-electron chi connectivity index (χ4n) is 3.23. The Labute approximate surface area is 183 Å². The van der Waals surface area contributed by atoms with Crippen LogP contribution in [0.15, 0.2) is 65.7 Å². The molecule has 4 aromatic rings. The monoisotopic (exact) mass is 435 g/mol. The number of nitrogens with zero attached hydrogens (tertiary/aromatic N) is 3. The molecule has 0 aliphatic rings. The fourth-order valence-corrected chi connectivity index (χ4v) is 4.86. The van der Waals surface area contributed by atoms with E-state index < -0.39 is 0 Å². The average molecular weight is 436 g/mol. The lowest BCUT2D eigenvalue weighted by molar-refractivity contribution is 0.0982. The zero-order valence-electron chi connectivity index (χ0n) is 17.0. The Hall–Kier alpha value is -2.90. The maximum Gasteiger partial charge on any atom is 0.261 e. The van der Waals surface area contributed by atoms with E-state index in [0.717, 1.165) is 26.4 Å². The lowest BCUT2D eigenvalue weighted by Crippen LogP contribution is -2.31. The Morgan fingerprint density at radius 3 is 2.67 bits per heavy atom. The minimum atomic E-state index is -0.0960. The number of aromatic nitrogens is 2. The zero-order valence-corrected chi connectivity index (χ0v) is 18.6. The summed E-state index contributed by atoms with van der Waals surface area (Å²) in [4.78, 5) is 25.5. The molecule has 152 valence electrons. The molecule has 0 bridgehead atoms. The number of thioether (sulfide) groups is 1. The molecule has 0 spiro atoms. The second-order valence-electron chi connectivity index (χ2n) is 6.67. The smallest absolute Gasteiger partial charge is 0.261 e. The second kappa shape index (κ2) is 8.85. The van der Waals surface area contributed by atoms with Crippen LogP contribution >= 0.6 is 23.1 Å². The minimum Gasteiger partial charge on any atom is -0.494 e. The topological polar surface area (TPSA) is 55.3 Å². The van der Waals surface area contributed by atoms with Gasteiger partial charge in [0, 0.05) is 11.1 Å². The number of methoxy groups -OCH3 is 1. The van der Waals surface area contributed by atoms with Gasteiger partial charge >= 0.3 is 0 Å². The van der Waals surface area contributed by atoms with Gasteiger partial charge < -0.3 is 4.74 Å². The quantitative estimate of drug-likeness (QED) is 0.370. The number of fused-ring (bicyclic) bond motifs is 1. The average Bonchev–Trinajstić information content (AvgIpc) is 3.24. The summed E-state index contributed by atoms with van der Waals surface area (Å²) < 4.78 is 6.52. The first-order chi connectivity index (χ1) is 14.6. The number of rotatable bonds is 6. The Kier molecular flexibility index (Phi) is 6.01. The lowest BCUT2D eigenvalue weighted by Gasteiger charge is -2.20. The van der Waals surface area contributed by atoms with Crippen molar-refractivity contribution < 1.29 is 9.53 Å². The van der Waals surface area contributed by atoms with E-state index in [1.54, 1.807) is 30.0 Å². The van der Waals surface area contributed by atoms with Gasteiger partial charge in [-0.1, -0.05) is 35.6 Å². The number of thiazole rings is 1. The molecule has 0 aliphatic heterocycles. The van der Waals surface area contributed by atoms with Crippen molar-refractivity contribution in [2.45, 2.75) is 18.4 Å². The van der Waals surface area contributed by atoms with Crippen molar-refractivity contribution in [1.82, 2.24) is 9.97 Å². The van der Waals surface area contributed by atoms with E-state index in [9.17, 15) is 4.79 Å². The summed E-state index contributed by atoms with van der Waals surface area (Å²) >= 11 is 3.05. The maximum absolute atomic E-state index is 13.7. The number of carbonyl (C=O) groups excluding carboxylic acids is 1. The highest BCUT2D eigenvalue weighted by molar-refractivity contribution is 7.98. The van der Waals surface area contributed by atoms with E-state index in [-0.39, 0.29) is 5.91 Å². The zero-order chi connectivity index (χ0) is 21.1. The van der Waals surface area contributed by atoms with Crippen LogP contribution in [0, 0.1) is 6.92 Å². The minimum absolute atomic E-state index is 0.0960. The van der Waals surface area contributed by atoms with Crippen LogP contribution in [0.25, 0.3) is 10.2 Å². The highest BCUT2D eigenvalue weighted by atomic mass is 32.2. The van der Waals surface area contributed by atoms with E-state index in [1.807, 2.05) is 67.8 Å². The van der Waals surface area contributed by atoms with Crippen molar-refractivity contribution in [3.63, 3.8) is 0 Å². The molecule has 0 atom stereocenters. The molecule has 7 heteroatoms. The number of hydrogen-bond acceptors (Lipinski definition) is 6. The number of aryl methyl sites for hydroxylation is 1. The molecule has 2 heterocycles. The highest BCUT2D eigenvalue weighted by Crippen LogP contribution is 2.37. The van der Waals surface area contributed by atoms with Crippen LogP contribution in [0.3, 0.4) is 0 Å². The van der Waals surface area contributed by atoms with E-state index >= 15 is 0 Å². The largest absolute Gasteiger partial charge is 0.494 e. The van der Waals surface area contributed by atoms with Crippen LogP contribution in [-0.2, 0) is 6.54 Å². The van der Waals surface area contributed by atoms with Crippen molar-refractivity contribution in [3.05, 3.63) is 77.6 Å². The van der Waals surface area contributed by atoms with Crippen molar-refractivity contribution in [1.29, 1.82) is 0 Å². The molecule has 0 fully saturated rings. The molecule has 0 aliphatic carbocycles. The van der Waals surface area contributed by atoms with Gasteiger partial charge in [0.25, 0.3) is 5.91 Å². The molecule has 0 N–H and O–H groups in total. The molecular weight excluding hydrogens is 414 g/mol. The first-order valence-electron chi connectivity index (χ1n) is 9.41. The summed E-state index contributed by atoms with van der Waals surface area (Å²) in [5, 5.41) is 0.629. The number of amides is 1. The Morgan fingerprint density at radius 2 is 1.93 bits per heavy atom. The van der Waals surface area contributed by atoms with Crippen LogP contribution in [0.4, 0.5) is 5.13 Å². The molecule has 30 heavy (non-hydrogen) atoms. The Balaban J connectivity index is 1.84. The number of pyridine rings is 1. The first-order valence-corrected chi connectivity index (χ1v) is 11.5. The summed E-state index contributed by atoms with van der Waals surface area (Å²) in [6, 6.07) is 17.3. The van der Waals surface area contributed by atoms with Crippen molar-refractivity contribution in [3.8, 4) is 5.75 Å². The third kappa shape index (κ3) is 3.91. The molecule has 2 aromatic carbocycles. The third-order valence-electron chi connectivity index (χ3n) is 4.77. The predicted molar refractivity (Wildman–Crippen MR) is 124 cm³/mol. The van der Waals surface area contributed by atoms with Crippen LogP contribution in [0.1, 0.15) is 21.6 Å². The second-order valence-corrected chi connectivity index (χ2v) is 8.50. The van der Waals surface area contributed by atoms with Crippen LogP contribution in [0.2, 0.25) is 0 Å². The summed E-state index contributed by atoms with van der Waals surface area (Å²) in [5.74, 6) is 0.606. The third-order valence-corrected chi connectivity index (χ3v) is 6.78. The van der Waals surface area contributed by atoms with Gasteiger partial charge in [0.2, 0.25) is 0 Å². The molecule has 1 amide bonds. The van der Waals surface area contributed by atoms with Gasteiger partial charge in [-0.05, 0) is 49.1 Å². The molecule has 0 unspecified atom stereocenters. The molecular formula is C23H21N3O2S2. The Bertz CT molecular complexity index is 1190. The SMILES string of the molecule is COc1ccc(C)c2sc(N(Cc3ccccn3)C(=O)c3ccccc3SC)nc12. The molecule has 0 saturated carbocycles. The van der Waals surface area contributed by atoms with Gasteiger partial charge in [-0.25, -0.2) is 4.98 Å². The van der Waals surface area contributed by atoms with E-state index in [2.05, 4.69) is 4.98 Å². The van der Waals surface area contributed by atoms with Gasteiger partial charge in [-0.2, -0.15) is 0 Å². The van der Waals surface area contributed by atoms with Gasteiger partial charge in [0.05, 0.1) is 29.6 Å². The summed E-state index contributed by atoms with van der Waals surface area (Å²) in [6.45, 7) is 2.38. The van der Waals surface area contributed by atoms with Crippen LogP contribution in [-0.4, -0.2) is 29.2 Å².